The van der Waals surface area contributed by atoms with Crippen LogP contribution in [0.2, 0.25) is 0 Å². The largest absolute Gasteiger partial charge is 0.351 e. The zero-order chi connectivity index (χ0) is 12.1. The van der Waals surface area contributed by atoms with Gasteiger partial charge >= 0.3 is 0 Å². The Morgan fingerprint density at radius 2 is 2.19 bits per heavy atom. The van der Waals surface area contributed by atoms with E-state index in [1.807, 2.05) is 11.4 Å². The van der Waals surface area contributed by atoms with E-state index < -0.39 is 0 Å². The number of hydrogen-bond acceptors (Lipinski definition) is 3. The van der Waals surface area contributed by atoms with Crippen molar-refractivity contribution in [1.29, 1.82) is 0 Å². The van der Waals surface area contributed by atoms with E-state index in [-0.39, 0.29) is 11.8 Å². The molecule has 0 fully saturated rings. The zero-order valence-corrected chi connectivity index (χ0v) is 12.1. The van der Waals surface area contributed by atoms with Crippen molar-refractivity contribution in [3.8, 4) is 0 Å². The summed E-state index contributed by atoms with van der Waals surface area (Å²) in [7, 11) is 3.40. The summed E-state index contributed by atoms with van der Waals surface area (Å²) >= 11 is 3.70. The third kappa shape index (κ3) is 4.09. The number of thiophene rings is 1. The normalized spacial score (nSPS) is 9.94. The standard InChI is InChI=1S/C10H13IN2O2S/c1-13(2)9(14)3-4-12-10(15)7-5-8(11)16-6-7/h5-6H,3-4H2,1-2H3,(H,12,15). The summed E-state index contributed by atoms with van der Waals surface area (Å²) in [5.41, 5.74) is 0.659. The molecule has 1 aromatic rings. The lowest BCUT2D eigenvalue weighted by atomic mass is 10.3. The lowest BCUT2D eigenvalue weighted by Gasteiger charge is -2.10. The fraction of sp³-hybridized carbons (Fsp3) is 0.400. The molecule has 1 rings (SSSR count). The van der Waals surface area contributed by atoms with Crippen LogP contribution in [0.1, 0.15) is 16.8 Å². The van der Waals surface area contributed by atoms with Crippen LogP contribution in [0.15, 0.2) is 11.4 Å². The van der Waals surface area contributed by atoms with Crippen molar-refractivity contribution in [3.63, 3.8) is 0 Å². The third-order valence-electron chi connectivity index (χ3n) is 1.95. The van der Waals surface area contributed by atoms with Crippen LogP contribution in [-0.4, -0.2) is 37.4 Å². The van der Waals surface area contributed by atoms with E-state index in [0.717, 1.165) is 2.88 Å². The van der Waals surface area contributed by atoms with E-state index in [2.05, 4.69) is 27.9 Å². The van der Waals surface area contributed by atoms with Gasteiger partial charge in [0.2, 0.25) is 5.91 Å². The molecule has 0 aliphatic rings. The lowest BCUT2D eigenvalue weighted by Crippen LogP contribution is -2.29. The smallest absolute Gasteiger partial charge is 0.252 e. The summed E-state index contributed by atoms with van der Waals surface area (Å²) in [4.78, 5) is 24.3. The Morgan fingerprint density at radius 3 is 2.69 bits per heavy atom. The van der Waals surface area contributed by atoms with E-state index in [1.165, 1.54) is 16.2 Å². The second-order valence-corrected chi connectivity index (χ2v) is 6.24. The Labute approximate surface area is 112 Å². The molecule has 2 amide bonds. The van der Waals surface area contributed by atoms with Gasteiger partial charge in [0.05, 0.1) is 8.45 Å². The van der Waals surface area contributed by atoms with Gasteiger partial charge in [-0.25, -0.2) is 0 Å². The Kier molecular flexibility index (Phi) is 5.20. The van der Waals surface area contributed by atoms with Crippen LogP contribution in [0.5, 0.6) is 0 Å². The first-order valence-electron chi connectivity index (χ1n) is 4.73. The molecule has 1 N–H and O–H groups in total. The number of amides is 2. The molecular weight excluding hydrogens is 339 g/mol. The summed E-state index contributed by atoms with van der Waals surface area (Å²) in [5.74, 6) is -0.106. The molecule has 0 unspecified atom stereocenters. The van der Waals surface area contributed by atoms with Crippen molar-refractivity contribution < 1.29 is 9.59 Å². The van der Waals surface area contributed by atoms with Crippen LogP contribution in [0.4, 0.5) is 0 Å². The molecule has 88 valence electrons. The molecule has 0 atom stereocenters. The highest BCUT2D eigenvalue weighted by molar-refractivity contribution is 14.1. The fourth-order valence-corrected chi connectivity index (χ4v) is 2.36. The Balaban J connectivity index is 2.34. The number of carbonyl (C=O) groups is 2. The predicted octanol–water partition coefficient (Wildman–Crippen LogP) is 1.56. The Morgan fingerprint density at radius 1 is 1.50 bits per heavy atom. The van der Waals surface area contributed by atoms with Gasteiger partial charge in [-0.3, -0.25) is 9.59 Å². The highest BCUT2D eigenvalue weighted by Gasteiger charge is 2.08. The predicted molar refractivity (Wildman–Crippen MR) is 72.7 cm³/mol. The minimum Gasteiger partial charge on any atom is -0.351 e. The minimum absolute atomic E-state index is 0.0141. The molecule has 0 spiro atoms. The summed E-state index contributed by atoms with van der Waals surface area (Å²) in [5, 5.41) is 4.53. The molecule has 1 aromatic heterocycles. The quantitative estimate of drug-likeness (QED) is 0.837. The average molecular weight is 352 g/mol. The molecule has 0 aliphatic heterocycles. The maximum absolute atomic E-state index is 11.6. The van der Waals surface area contributed by atoms with Crippen molar-refractivity contribution in [2.24, 2.45) is 0 Å². The molecule has 1 heterocycles. The monoisotopic (exact) mass is 352 g/mol. The number of nitrogens with one attached hydrogen (secondary N) is 1. The molecule has 0 aliphatic carbocycles. The van der Waals surface area contributed by atoms with Crippen LogP contribution in [0.3, 0.4) is 0 Å². The average Bonchev–Trinajstić information content (AvgIpc) is 2.64. The molecule has 6 heteroatoms. The van der Waals surface area contributed by atoms with Gasteiger partial charge in [-0.2, -0.15) is 0 Å². The number of halogens is 1. The van der Waals surface area contributed by atoms with Crippen molar-refractivity contribution in [2.45, 2.75) is 6.42 Å². The number of hydrogen-bond donors (Lipinski definition) is 1. The highest BCUT2D eigenvalue weighted by Crippen LogP contribution is 2.16. The van der Waals surface area contributed by atoms with E-state index in [1.54, 1.807) is 14.1 Å². The lowest BCUT2D eigenvalue weighted by molar-refractivity contribution is -0.128. The third-order valence-corrected chi connectivity index (χ3v) is 3.74. The molecule has 0 radical (unpaired) electrons. The second kappa shape index (κ2) is 6.19. The first-order valence-corrected chi connectivity index (χ1v) is 6.69. The highest BCUT2D eigenvalue weighted by atomic mass is 127. The second-order valence-electron chi connectivity index (χ2n) is 3.43. The maximum atomic E-state index is 11.6. The summed E-state index contributed by atoms with van der Waals surface area (Å²) in [6.45, 7) is 0.377. The molecular formula is C10H13IN2O2S. The first-order chi connectivity index (χ1) is 7.50. The van der Waals surface area contributed by atoms with E-state index >= 15 is 0 Å². The van der Waals surface area contributed by atoms with Gasteiger partial charge in [0, 0.05) is 32.4 Å². The van der Waals surface area contributed by atoms with Crippen LogP contribution >= 0.6 is 33.9 Å². The van der Waals surface area contributed by atoms with E-state index in [4.69, 9.17) is 0 Å². The van der Waals surface area contributed by atoms with Crippen molar-refractivity contribution >= 4 is 45.7 Å². The molecule has 0 bridgehead atoms. The number of rotatable bonds is 4. The summed E-state index contributed by atoms with van der Waals surface area (Å²) < 4.78 is 1.08. The fourth-order valence-electron chi connectivity index (χ4n) is 1.04. The zero-order valence-electron chi connectivity index (χ0n) is 9.12. The van der Waals surface area contributed by atoms with Gasteiger partial charge in [0.15, 0.2) is 0 Å². The van der Waals surface area contributed by atoms with Crippen LogP contribution in [0, 0.1) is 2.88 Å². The molecule has 4 nitrogen and oxygen atoms in total. The number of nitrogens with zero attached hydrogens (tertiary/aromatic N) is 1. The van der Waals surface area contributed by atoms with Gasteiger partial charge in [0.1, 0.15) is 0 Å². The van der Waals surface area contributed by atoms with Gasteiger partial charge in [-0.15, -0.1) is 11.3 Å². The summed E-state index contributed by atoms with van der Waals surface area (Å²) in [6, 6.07) is 1.83. The maximum Gasteiger partial charge on any atom is 0.252 e. The Hall–Kier alpha value is -0.630. The molecule has 0 saturated carbocycles. The molecule has 0 saturated heterocycles. The van der Waals surface area contributed by atoms with Crippen molar-refractivity contribution in [2.75, 3.05) is 20.6 Å². The van der Waals surface area contributed by atoms with Gasteiger partial charge in [-0.1, -0.05) is 0 Å². The van der Waals surface area contributed by atoms with Crippen LogP contribution in [-0.2, 0) is 4.79 Å². The van der Waals surface area contributed by atoms with E-state index in [0.29, 0.717) is 18.5 Å². The topological polar surface area (TPSA) is 49.4 Å². The van der Waals surface area contributed by atoms with Gasteiger partial charge in [0.25, 0.3) is 5.91 Å². The number of carbonyl (C=O) groups excluding carboxylic acids is 2. The van der Waals surface area contributed by atoms with E-state index in [9.17, 15) is 9.59 Å². The Bertz CT molecular complexity index is 390. The van der Waals surface area contributed by atoms with Gasteiger partial charge in [-0.05, 0) is 28.7 Å². The SMILES string of the molecule is CN(C)C(=O)CCNC(=O)c1csc(I)c1. The van der Waals surface area contributed by atoms with Crippen molar-refractivity contribution in [1.82, 2.24) is 10.2 Å². The minimum atomic E-state index is -0.120. The van der Waals surface area contributed by atoms with Gasteiger partial charge < -0.3 is 10.2 Å². The van der Waals surface area contributed by atoms with Crippen molar-refractivity contribution in [3.05, 3.63) is 19.9 Å². The summed E-state index contributed by atoms with van der Waals surface area (Å²) in [6.07, 6.45) is 0.333. The van der Waals surface area contributed by atoms with Crippen LogP contribution < -0.4 is 5.32 Å². The first kappa shape index (κ1) is 13.4. The molecule has 16 heavy (non-hydrogen) atoms. The van der Waals surface area contributed by atoms with Crippen LogP contribution in [0.25, 0.3) is 0 Å². The molecule has 0 aromatic carbocycles.